The molecule has 0 fully saturated rings. The van der Waals surface area contributed by atoms with Gasteiger partial charge in [-0.2, -0.15) is 0 Å². The fourth-order valence-electron chi connectivity index (χ4n) is 1.14. The molecule has 0 atom stereocenters. The number of hydrogen-bond acceptors (Lipinski definition) is 2. The third kappa shape index (κ3) is 1.97. The molecule has 0 aliphatic rings. The molecule has 0 aliphatic heterocycles. The molecule has 0 saturated heterocycles. The molecule has 0 saturated carbocycles. The largest absolute Gasteiger partial charge is 0.217 e. The highest BCUT2D eigenvalue weighted by Gasteiger charge is 2.07. The van der Waals surface area contributed by atoms with E-state index in [1.807, 2.05) is 0 Å². The Hall–Kier alpha value is -1.49. The summed E-state index contributed by atoms with van der Waals surface area (Å²) in [6.45, 7) is 0. The van der Waals surface area contributed by atoms with Crippen LogP contribution in [0.25, 0.3) is 5.69 Å². The van der Waals surface area contributed by atoms with Crippen molar-refractivity contribution in [1.82, 2.24) is 15.0 Å². The summed E-state index contributed by atoms with van der Waals surface area (Å²) in [6, 6.07) is 3.23. The van der Waals surface area contributed by atoms with Gasteiger partial charge in [-0.1, -0.05) is 5.21 Å². The molecule has 6 heteroatoms. The van der Waals surface area contributed by atoms with Crippen molar-refractivity contribution in [1.29, 1.82) is 0 Å². The molecule has 1 aromatic carbocycles. The highest BCUT2D eigenvalue weighted by atomic mass is 35.5. The lowest BCUT2D eigenvalue weighted by molar-refractivity contribution is 0.572. The van der Waals surface area contributed by atoms with Gasteiger partial charge >= 0.3 is 0 Å². The van der Waals surface area contributed by atoms with E-state index in [-0.39, 0.29) is 11.6 Å². The summed E-state index contributed by atoms with van der Waals surface area (Å²) < 4.78 is 27.1. The van der Waals surface area contributed by atoms with Crippen LogP contribution in [0.15, 0.2) is 24.4 Å². The van der Waals surface area contributed by atoms with Crippen LogP contribution in [0.2, 0.25) is 0 Å². The van der Waals surface area contributed by atoms with Gasteiger partial charge in [0.1, 0.15) is 11.5 Å². The quantitative estimate of drug-likeness (QED) is 0.740. The molecule has 2 aromatic rings. The van der Waals surface area contributed by atoms with Gasteiger partial charge in [0.2, 0.25) is 0 Å². The number of halogens is 3. The second kappa shape index (κ2) is 3.94. The van der Waals surface area contributed by atoms with E-state index in [2.05, 4.69) is 10.3 Å². The van der Waals surface area contributed by atoms with Crippen LogP contribution in [0.5, 0.6) is 0 Å². The monoisotopic (exact) mass is 229 g/mol. The summed E-state index contributed by atoms with van der Waals surface area (Å²) in [5.41, 5.74) is 0.667. The number of benzene rings is 1. The molecular weight excluding hydrogens is 224 g/mol. The Balaban J connectivity index is 2.44. The topological polar surface area (TPSA) is 30.7 Å². The van der Waals surface area contributed by atoms with E-state index in [9.17, 15) is 8.78 Å². The number of nitrogens with zero attached hydrogens (tertiary/aromatic N) is 3. The summed E-state index contributed by atoms with van der Waals surface area (Å²) in [4.78, 5) is 0. The van der Waals surface area contributed by atoms with Crippen LogP contribution >= 0.6 is 11.6 Å². The Morgan fingerprint density at radius 1 is 1.33 bits per heavy atom. The second-order valence-corrected chi connectivity index (χ2v) is 3.15. The summed E-state index contributed by atoms with van der Waals surface area (Å²) >= 11 is 5.52. The highest BCUT2D eigenvalue weighted by Crippen LogP contribution is 2.14. The third-order valence-corrected chi connectivity index (χ3v) is 2.11. The van der Waals surface area contributed by atoms with Gasteiger partial charge < -0.3 is 0 Å². The molecule has 0 amide bonds. The van der Waals surface area contributed by atoms with E-state index >= 15 is 0 Å². The minimum Gasteiger partial charge on any atom is -0.217 e. The standard InChI is InChI=1S/C9H6ClF2N3/c10-4-7-5-15(14-13-7)9-2-1-6(11)3-8(9)12/h1-3,5H,4H2. The van der Waals surface area contributed by atoms with Crippen molar-refractivity contribution in [3.8, 4) is 5.69 Å². The first-order valence-corrected chi connectivity index (χ1v) is 4.67. The Kier molecular flexibility index (Phi) is 2.64. The highest BCUT2D eigenvalue weighted by molar-refractivity contribution is 6.16. The molecule has 78 valence electrons. The number of aromatic nitrogens is 3. The van der Waals surface area contributed by atoms with E-state index in [1.165, 1.54) is 16.9 Å². The summed E-state index contributed by atoms with van der Waals surface area (Å²) in [7, 11) is 0. The lowest BCUT2D eigenvalue weighted by atomic mass is 10.3. The Morgan fingerprint density at radius 3 is 2.73 bits per heavy atom. The zero-order chi connectivity index (χ0) is 10.8. The summed E-state index contributed by atoms with van der Waals surface area (Å²) in [6.07, 6.45) is 1.49. The smallest absolute Gasteiger partial charge is 0.151 e. The van der Waals surface area contributed by atoms with Crippen LogP contribution in [-0.2, 0) is 5.88 Å². The van der Waals surface area contributed by atoms with Gasteiger partial charge in [-0.15, -0.1) is 16.7 Å². The van der Waals surface area contributed by atoms with Crippen LogP contribution in [-0.4, -0.2) is 15.0 Å². The SMILES string of the molecule is Fc1ccc(-n2cc(CCl)nn2)c(F)c1. The predicted molar refractivity (Wildman–Crippen MR) is 50.8 cm³/mol. The normalized spacial score (nSPS) is 10.6. The number of alkyl halides is 1. The first-order chi connectivity index (χ1) is 7.20. The van der Waals surface area contributed by atoms with Gasteiger partial charge in [0.15, 0.2) is 5.82 Å². The average Bonchev–Trinajstić information content (AvgIpc) is 2.66. The lowest BCUT2D eigenvalue weighted by Gasteiger charge is -2.00. The van der Waals surface area contributed by atoms with Gasteiger partial charge in [0.25, 0.3) is 0 Å². The number of rotatable bonds is 2. The van der Waals surface area contributed by atoms with Crippen LogP contribution < -0.4 is 0 Å². The molecule has 1 aromatic heterocycles. The number of hydrogen-bond donors (Lipinski definition) is 0. The summed E-state index contributed by atoms with van der Waals surface area (Å²) in [5.74, 6) is -1.13. The lowest BCUT2D eigenvalue weighted by Crippen LogP contribution is -1.98. The molecule has 2 rings (SSSR count). The Bertz CT molecular complexity index is 484. The fourth-order valence-corrected chi connectivity index (χ4v) is 1.27. The zero-order valence-corrected chi connectivity index (χ0v) is 8.25. The van der Waals surface area contributed by atoms with E-state index in [0.29, 0.717) is 5.69 Å². The van der Waals surface area contributed by atoms with Crippen molar-refractivity contribution >= 4 is 11.6 Å². The first kappa shape index (κ1) is 10.0. The van der Waals surface area contributed by atoms with E-state index < -0.39 is 11.6 Å². The van der Waals surface area contributed by atoms with Gasteiger partial charge in [-0.25, -0.2) is 13.5 Å². The van der Waals surface area contributed by atoms with Crippen LogP contribution in [0.1, 0.15) is 5.69 Å². The van der Waals surface area contributed by atoms with Gasteiger partial charge in [-0.05, 0) is 12.1 Å². The van der Waals surface area contributed by atoms with Crippen LogP contribution in [0.3, 0.4) is 0 Å². The van der Waals surface area contributed by atoms with E-state index in [0.717, 1.165) is 12.1 Å². The van der Waals surface area contributed by atoms with Gasteiger partial charge in [-0.3, -0.25) is 0 Å². The van der Waals surface area contributed by atoms with Crippen molar-refractivity contribution in [2.24, 2.45) is 0 Å². The van der Waals surface area contributed by atoms with Crippen molar-refractivity contribution in [2.45, 2.75) is 5.88 Å². The molecular formula is C9H6ClF2N3. The fraction of sp³-hybridized carbons (Fsp3) is 0.111. The van der Waals surface area contributed by atoms with Crippen molar-refractivity contribution in [3.63, 3.8) is 0 Å². The molecule has 3 nitrogen and oxygen atoms in total. The van der Waals surface area contributed by atoms with Crippen LogP contribution in [0, 0.1) is 11.6 Å². The van der Waals surface area contributed by atoms with Crippen LogP contribution in [0.4, 0.5) is 8.78 Å². The maximum Gasteiger partial charge on any atom is 0.151 e. The van der Waals surface area contributed by atoms with E-state index in [1.54, 1.807) is 0 Å². The predicted octanol–water partition coefficient (Wildman–Crippen LogP) is 2.28. The maximum absolute atomic E-state index is 13.3. The first-order valence-electron chi connectivity index (χ1n) is 4.13. The Labute approximate surface area is 89.3 Å². The molecule has 0 spiro atoms. The molecule has 1 heterocycles. The van der Waals surface area contributed by atoms with Gasteiger partial charge in [0, 0.05) is 6.07 Å². The molecule has 0 unspecified atom stereocenters. The van der Waals surface area contributed by atoms with Crippen molar-refractivity contribution < 1.29 is 8.78 Å². The molecule has 0 aliphatic carbocycles. The molecule has 0 bridgehead atoms. The second-order valence-electron chi connectivity index (χ2n) is 2.88. The molecule has 0 N–H and O–H groups in total. The minimum atomic E-state index is -0.693. The van der Waals surface area contributed by atoms with Gasteiger partial charge in [0.05, 0.1) is 17.8 Å². The molecule has 15 heavy (non-hydrogen) atoms. The maximum atomic E-state index is 13.3. The zero-order valence-electron chi connectivity index (χ0n) is 7.49. The molecule has 0 radical (unpaired) electrons. The minimum absolute atomic E-state index is 0.139. The Morgan fingerprint density at radius 2 is 2.13 bits per heavy atom. The van der Waals surface area contributed by atoms with Crippen molar-refractivity contribution in [3.05, 3.63) is 41.7 Å². The van der Waals surface area contributed by atoms with Crippen molar-refractivity contribution in [2.75, 3.05) is 0 Å². The van der Waals surface area contributed by atoms with E-state index in [4.69, 9.17) is 11.6 Å². The third-order valence-electron chi connectivity index (χ3n) is 1.83. The summed E-state index contributed by atoms with van der Waals surface area (Å²) in [5, 5.41) is 7.36. The average molecular weight is 230 g/mol.